The Morgan fingerprint density at radius 1 is 1.23 bits per heavy atom. The molecule has 26 heavy (non-hydrogen) atoms. The second kappa shape index (κ2) is 7.99. The minimum Gasteiger partial charge on any atom is -0.480 e. The molecule has 0 aromatic heterocycles. The van der Waals surface area contributed by atoms with E-state index in [1.807, 2.05) is 20.0 Å². The molecule has 0 bridgehead atoms. The highest BCUT2D eigenvalue weighted by molar-refractivity contribution is 5.90. The summed E-state index contributed by atoms with van der Waals surface area (Å²) in [6.07, 6.45) is 10.7. The smallest absolute Gasteiger partial charge is 0.326 e. The zero-order valence-electron chi connectivity index (χ0n) is 16.0. The Hall–Kier alpha value is -1.56. The van der Waals surface area contributed by atoms with Crippen LogP contribution in [0.15, 0.2) is 11.8 Å². The molecule has 3 rings (SSSR count). The van der Waals surface area contributed by atoms with Crippen LogP contribution in [0.25, 0.3) is 0 Å². The molecular formula is C20H33N3O3. The van der Waals surface area contributed by atoms with Crippen molar-refractivity contribution in [3.8, 4) is 0 Å². The second-order valence-corrected chi connectivity index (χ2v) is 8.54. The van der Waals surface area contributed by atoms with Crippen LogP contribution in [0, 0.1) is 5.92 Å². The van der Waals surface area contributed by atoms with E-state index in [9.17, 15) is 14.7 Å². The van der Waals surface area contributed by atoms with Gasteiger partial charge in [0, 0.05) is 24.4 Å². The molecule has 1 amide bonds. The van der Waals surface area contributed by atoms with Gasteiger partial charge in [-0.3, -0.25) is 4.79 Å². The molecule has 1 aliphatic heterocycles. The molecule has 0 spiro atoms. The van der Waals surface area contributed by atoms with Crippen molar-refractivity contribution in [2.75, 3.05) is 0 Å². The molecule has 3 atom stereocenters. The fourth-order valence-corrected chi connectivity index (χ4v) is 5.01. The van der Waals surface area contributed by atoms with Crippen LogP contribution in [0.3, 0.4) is 0 Å². The number of carbonyl (C=O) groups is 2. The highest BCUT2D eigenvalue weighted by atomic mass is 16.4. The van der Waals surface area contributed by atoms with E-state index in [-0.39, 0.29) is 11.9 Å². The van der Waals surface area contributed by atoms with Gasteiger partial charge in [0.15, 0.2) is 0 Å². The summed E-state index contributed by atoms with van der Waals surface area (Å²) in [6.45, 7) is 4.06. The molecule has 2 unspecified atom stereocenters. The Balaban J connectivity index is 1.66. The van der Waals surface area contributed by atoms with E-state index >= 15 is 0 Å². The number of hydrogen-bond donors (Lipinski definition) is 4. The first-order valence-corrected chi connectivity index (χ1v) is 10.2. The molecule has 6 nitrogen and oxygen atoms in total. The van der Waals surface area contributed by atoms with Crippen molar-refractivity contribution in [2.24, 2.45) is 5.92 Å². The van der Waals surface area contributed by atoms with Crippen LogP contribution in [-0.2, 0) is 9.59 Å². The van der Waals surface area contributed by atoms with Crippen LogP contribution in [0.5, 0.6) is 0 Å². The van der Waals surface area contributed by atoms with E-state index in [1.54, 1.807) is 0 Å². The first kappa shape index (κ1) is 19.2. The van der Waals surface area contributed by atoms with E-state index in [0.717, 1.165) is 44.1 Å². The molecular weight excluding hydrogens is 330 g/mol. The van der Waals surface area contributed by atoms with E-state index in [4.69, 9.17) is 0 Å². The third kappa shape index (κ3) is 4.05. The highest BCUT2D eigenvalue weighted by Gasteiger charge is 2.43. The summed E-state index contributed by atoms with van der Waals surface area (Å²) in [4.78, 5) is 24.8. The van der Waals surface area contributed by atoms with Gasteiger partial charge in [0.2, 0.25) is 5.91 Å². The molecule has 146 valence electrons. The van der Waals surface area contributed by atoms with E-state index in [1.165, 1.54) is 12.8 Å². The average Bonchev–Trinajstić information content (AvgIpc) is 3.22. The first-order valence-electron chi connectivity index (χ1n) is 10.2. The molecule has 4 N–H and O–H groups in total. The summed E-state index contributed by atoms with van der Waals surface area (Å²) < 4.78 is 0. The van der Waals surface area contributed by atoms with E-state index in [2.05, 4.69) is 16.0 Å². The monoisotopic (exact) mass is 363 g/mol. The van der Waals surface area contributed by atoms with Gasteiger partial charge < -0.3 is 21.1 Å². The van der Waals surface area contributed by atoms with Crippen LogP contribution in [0.1, 0.15) is 71.6 Å². The number of nitrogens with one attached hydrogen (secondary N) is 3. The topological polar surface area (TPSA) is 90.5 Å². The molecule has 2 aliphatic carbocycles. The van der Waals surface area contributed by atoms with Gasteiger partial charge >= 0.3 is 5.97 Å². The summed E-state index contributed by atoms with van der Waals surface area (Å²) in [5, 5.41) is 19.4. The maximum atomic E-state index is 13.0. The largest absolute Gasteiger partial charge is 0.480 e. The van der Waals surface area contributed by atoms with Crippen molar-refractivity contribution in [3.05, 3.63) is 11.8 Å². The number of rotatable bonds is 7. The van der Waals surface area contributed by atoms with Gasteiger partial charge in [0.1, 0.15) is 6.04 Å². The normalized spacial score (nSPS) is 28.2. The standard InChI is InChI=1S/C20H33N3O3/c1-13(2)23-20(9-5-6-10-20)19(26)22-17(18(24)25)11-14-12-21-16-8-4-3-7-15(14)16/h12-13,15-17,21,23H,3-11H2,1-2H3,(H,22,26)(H,24,25)/t15?,16?,17-/m0/s1. The van der Waals surface area contributed by atoms with Gasteiger partial charge in [-0.05, 0) is 51.3 Å². The number of hydrogen-bond acceptors (Lipinski definition) is 4. The lowest BCUT2D eigenvalue weighted by atomic mass is 9.80. The lowest BCUT2D eigenvalue weighted by molar-refractivity contribution is -0.143. The van der Waals surface area contributed by atoms with Crippen molar-refractivity contribution in [3.63, 3.8) is 0 Å². The molecule has 0 saturated heterocycles. The summed E-state index contributed by atoms with van der Waals surface area (Å²) in [6, 6.07) is -0.220. The molecule has 1 heterocycles. The average molecular weight is 364 g/mol. The van der Waals surface area contributed by atoms with Gasteiger partial charge in [0.25, 0.3) is 0 Å². The number of carbonyl (C=O) groups excluding carboxylic acids is 1. The molecule has 3 aliphatic rings. The van der Waals surface area contributed by atoms with Crippen LogP contribution >= 0.6 is 0 Å². The predicted octanol–water partition coefficient (Wildman–Crippen LogP) is 2.30. The maximum Gasteiger partial charge on any atom is 0.326 e. The van der Waals surface area contributed by atoms with Crippen molar-refractivity contribution >= 4 is 11.9 Å². The minimum absolute atomic E-state index is 0.150. The quantitative estimate of drug-likeness (QED) is 0.557. The Kier molecular flexibility index (Phi) is 5.90. The summed E-state index contributed by atoms with van der Waals surface area (Å²) in [5.41, 5.74) is 0.539. The van der Waals surface area contributed by atoms with Crippen LogP contribution in [0.2, 0.25) is 0 Å². The summed E-state index contributed by atoms with van der Waals surface area (Å²) in [7, 11) is 0. The van der Waals surface area contributed by atoms with Gasteiger partial charge in [0.05, 0.1) is 5.54 Å². The zero-order valence-corrected chi connectivity index (χ0v) is 16.0. The third-order valence-electron chi connectivity index (χ3n) is 6.22. The molecule has 2 fully saturated rings. The molecule has 0 aromatic rings. The molecule has 0 aromatic carbocycles. The second-order valence-electron chi connectivity index (χ2n) is 8.54. The summed E-state index contributed by atoms with van der Waals surface area (Å²) in [5.74, 6) is -0.671. The van der Waals surface area contributed by atoms with Crippen LogP contribution < -0.4 is 16.0 Å². The Labute approximate surface area is 156 Å². The van der Waals surface area contributed by atoms with Gasteiger partial charge in [-0.25, -0.2) is 4.79 Å². The van der Waals surface area contributed by atoms with Crippen molar-refractivity contribution in [1.82, 2.24) is 16.0 Å². The first-order chi connectivity index (χ1) is 12.4. The molecule has 2 saturated carbocycles. The fourth-order valence-electron chi connectivity index (χ4n) is 5.01. The van der Waals surface area contributed by atoms with E-state index in [0.29, 0.717) is 18.4 Å². The van der Waals surface area contributed by atoms with Crippen LogP contribution in [-0.4, -0.2) is 40.6 Å². The minimum atomic E-state index is -0.948. The Morgan fingerprint density at radius 3 is 2.58 bits per heavy atom. The number of fused-ring (bicyclic) bond motifs is 1. The predicted molar refractivity (Wildman–Crippen MR) is 101 cm³/mol. The molecule has 0 radical (unpaired) electrons. The zero-order chi connectivity index (χ0) is 18.7. The van der Waals surface area contributed by atoms with Crippen LogP contribution in [0.4, 0.5) is 0 Å². The van der Waals surface area contributed by atoms with Crippen molar-refractivity contribution in [2.45, 2.75) is 95.3 Å². The molecule has 6 heteroatoms. The van der Waals surface area contributed by atoms with Gasteiger partial charge in [-0.2, -0.15) is 0 Å². The van der Waals surface area contributed by atoms with E-state index < -0.39 is 17.6 Å². The van der Waals surface area contributed by atoms with Crippen molar-refractivity contribution < 1.29 is 14.7 Å². The van der Waals surface area contributed by atoms with Gasteiger partial charge in [-0.15, -0.1) is 0 Å². The Morgan fingerprint density at radius 2 is 1.92 bits per heavy atom. The fraction of sp³-hybridized carbons (Fsp3) is 0.800. The highest BCUT2D eigenvalue weighted by Crippen LogP contribution is 2.36. The lowest BCUT2D eigenvalue weighted by Gasteiger charge is -2.33. The Bertz CT molecular complexity index is 567. The number of amides is 1. The third-order valence-corrected chi connectivity index (χ3v) is 6.22. The SMILES string of the molecule is CC(C)NC1(C(=O)N[C@@H](CC2=CNC3CCCCC23)C(=O)O)CCCC1. The number of carboxylic acids is 1. The number of aliphatic carboxylic acids is 1. The van der Waals surface area contributed by atoms with Gasteiger partial charge in [-0.1, -0.05) is 25.7 Å². The maximum absolute atomic E-state index is 13.0. The summed E-state index contributed by atoms with van der Waals surface area (Å²) >= 11 is 0. The number of carboxylic acid groups (broad SMARTS) is 1. The van der Waals surface area contributed by atoms with Crippen molar-refractivity contribution in [1.29, 1.82) is 0 Å². The lowest BCUT2D eigenvalue weighted by Crippen LogP contribution is -2.60.